The van der Waals surface area contributed by atoms with E-state index < -0.39 is 80.7 Å². The predicted octanol–water partition coefficient (Wildman–Crippen LogP) is -4.48. The van der Waals surface area contributed by atoms with Crippen molar-refractivity contribution in [3.8, 4) is 0 Å². The summed E-state index contributed by atoms with van der Waals surface area (Å²) in [6, 6.07) is -1.44. The molecule has 2 fully saturated rings. The summed E-state index contributed by atoms with van der Waals surface area (Å²) in [4.78, 5) is 11.7. The molecular formula is C16H27NO12. The predicted molar refractivity (Wildman–Crippen MR) is 91.1 cm³/mol. The van der Waals surface area contributed by atoms with Gasteiger partial charge < -0.3 is 60.0 Å². The Morgan fingerprint density at radius 1 is 0.966 bits per heavy atom. The van der Waals surface area contributed by atoms with Crippen LogP contribution in [0.3, 0.4) is 0 Å². The molecule has 13 nitrogen and oxygen atoms in total. The maximum atomic E-state index is 11.7. The van der Waals surface area contributed by atoms with Gasteiger partial charge >= 0.3 is 6.09 Å². The number of amides is 1. The van der Waals surface area contributed by atoms with E-state index in [-0.39, 0.29) is 6.61 Å². The molecule has 168 valence electrons. The zero-order valence-electron chi connectivity index (χ0n) is 15.4. The fourth-order valence-electron chi connectivity index (χ4n) is 3.05. The molecule has 0 radical (unpaired) electrons. The summed E-state index contributed by atoms with van der Waals surface area (Å²) >= 11 is 0. The quantitative estimate of drug-likeness (QED) is 0.182. The lowest BCUT2D eigenvalue weighted by atomic mass is 9.95. The highest BCUT2D eigenvalue weighted by molar-refractivity contribution is 5.67. The standard InChI is InChI=1S/C16H27NO12/c1-2-3-26-16(25)17-8-10(21)13(7(5-19)27-14(8)24)29-15-12(23)11(22)9(20)6(4-18)28-15/h2,6-15,18-24H,1,3-5H2,(H,17,25)/t6?,7?,8-,9-,10?,11?,12-,13+,14+,15-/m0/s1. The minimum Gasteiger partial charge on any atom is -0.445 e. The SMILES string of the molecule is C=CCOC(=O)N[C@H]1C(O)[C@H](O[C@@H]2OC(CO)[C@H](O)C(O)[C@@H]2O)C(CO)O[C@H]1O. The average Bonchev–Trinajstić information content (AvgIpc) is 2.71. The summed E-state index contributed by atoms with van der Waals surface area (Å²) in [6.45, 7) is 1.82. The molecule has 2 aliphatic rings. The van der Waals surface area contributed by atoms with Gasteiger partial charge in [-0.25, -0.2) is 4.79 Å². The highest BCUT2D eigenvalue weighted by atomic mass is 16.7. The van der Waals surface area contributed by atoms with Crippen LogP contribution >= 0.6 is 0 Å². The Hall–Kier alpha value is -1.39. The van der Waals surface area contributed by atoms with Gasteiger partial charge in [-0.2, -0.15) is 0 Å². The van der Waals surface area contributed by atoms with Gasteiger partial charge in [-0.05, 0) is 0 Å². The van der Waals surface area contributed by atoms with E-state index in [4.69, 9.17) is 18.9 Å². The smallest absolute Gasteiger partial charge is 0.407 e. The van der Waals surface area contributed by atoms with Crippen LogP contribution in [0.1, 0.15) is 0 Å². The summed E-state index contributed by atoms with van der Waals surface area (Å²) < 4.78 is 20.5. The summed E-state index contributed by atoms with van der Waals surface area (Å²) in [5, 5.41) is 71.2. The molecular weight excluding hydrogens is 398 g/mol. The number of nitrogens with one attached hydrogen (secondary N) is 1. The van der Waals surface area contributed by atoms with Gasteiger partial charge in [0.15, 0.2) is 12.6 Å². The van der Waals surface area contributed by atoms with Crippen LogP contribution < -0.4 is 5.32 Å². The van der Waals surface area contributed by atoms with Gasteiger partial charge in [0.05, 0.1) is 13.2 Å². The number of rotatable bonds is 7. The van der Waals surface area contributed by atoms with Gasteiger partial charge in [-0.3, -0.25) is 0 Å². The summed E-state index contributed by atoms with van der Waals surface area (Å²) in [5.41, 5.74) is 0. The number of alkyl carbamates (subject to hydrolysis) is 1. The topological polar surface area (TPSA) is 208 Å². The zero-order valence-corrected chi connectivity index (χ0v) is 15.4. The second kappa shape index (κ2) is 10.6. The minimum absolute atomic E-state index is 0.129. The van der Waals surface area contributed by atoms with Crippen molar-refractivity contribution in [3.05, 3.63) is 12.7 Å². The van der Waals surface area contributed by atoms with Crippen molar-refractivity contribution in [3.63, 3.8) is 0 Å². The molecule has 0 aliphatic carbocycles. The Morgan fingerprint density at radius 3 is 2.21 bits per heavy atom. The summed E-state index contributed by atoms with van der Waals surface area (Å²) in [5.74, 6) is 0. The molecule has 0 aromatic carbocycles. The van der Waals surface area contributed by atoms with E-state index in [1.165, 1.54) is 6.08 Å². The van der Waals surface area contributed by atoms with Crippen LogP contribution in [0.4, 0.5) is 4.79 Å². The van der Waals surface area contributed by atoms with Crippen molar-refractivity contribution in [2.75, 3.05) is 19.8 Å². The first-order valence-corrected chi connectivity index (χ1v) is 8.87. The number of carbonyl (C=O) groups excluding carboxylic acids is 1. The molecule has 2 aliphatic heterocycles. The molecule has 1 amide bonds. The Labute approximate surface area is 165 Å². The van der Waals surface area contributed by atoms with Gasteiger partial charge in [0.25, 0.3) is 0 Å². The van der Waals surface area contributed by atoms with Crippen LogP contribution in [0.25, 0.3) is 0 Å². The fourth-order valence-corrected chi connectivity index (χ4v) is 3.05. The van der Waals surface area contributed by atoms with E-state index in [1.807, 2.05) is 0 Å². The van der Waals surface area contributed by atoms with E-state index >= 15 is 0 Å². The fraction of sp³-hybridized carbons (Fsp3) is 0.812. The number of hydrogen-bond acceptors (Lipinski definition) is 12. The molecule has 8 N–H and O–H groups in total. The number of ether oxygens (including phenoxy) is 4. The van der Waals surface area contributed by atoms with E-state index in [0.29, 0.717) is 0 Å². The monoisotopic (exact) mass is 425 g/mol. The van der Waals surface area contributed by atoms with E-state index in [0.717, 1.165) is 0 Å². The van der Waals surface area contributed by atoms with Crippen molar-refractivity contribution in [1.29, 1.82) is 0 Å². The summed E-state index contributed by atoms with van der Waals surface area (Å²) in [6.07, 6.45) is -13.8. The number of aliphatic hydroxyl groups excluding tert-OH is 7. The first-order chi connectivity index (χ1) is 13.7. The van der Waals surface area contributed by atoms with Crippen molar-refractivity contribution in [2.24, 2.45) is 0 Å². The maximum Gasteiger partial charge on any atom is 0.407 e. The molecule has 4 unspecified atom stereocenters. The van der Waals surface area contributed by atoms with Crippen LogP contribution in [-0.4, -0.2) is 123 Å². The Bertz CT molecular complexity index is 548. The molecule has 10 atom stereocenters. The Morgan fingerprint density at radius 2 is 1.62 bits per heavy atom. The highest BCUT2D eigenvalue weighted by Gasteiger charge is 2.50. The molecule has 0 bridgehead atoms. The molecule has 29 heavy (non-hydrogen) atoms. The lowest BCUT2D eigenvalue weighted by Gasteiger charge is -2.46. The molecule has 0 spiro atoms. The summed E-state index contributed by atoms with van der Waals surface area (Å²) in [7, 11) is 0. The first-order valence-electron chi connectivity index (χ1n) is 8.87. The van der Waals surface area contributed by atoms with Crippen LogP contribution in [0.5, 0.6) is 0 Å². The van der Waals surface area contributed by atoms with Crippen LogP contribution in [-0.2, 0) is 18.9 Å². The Balaban J connectivity index is 2.13. The lowest BCUT2D eigenvalue weighted by Crippen LogP contribution is -2.67. The van der Waals surface area contributed by atoms with Crippen LogP contribution in [0.15, 0.2) is 12.7 Å². The third kappa shape index (κ3) is 5.40. The number of carbonyl (C=O) groups is 1. The zero-order chi connectivity index (χ0) is 21.7. The molecule has 0 aromatic rings. The van der Waals surface area contributed by atoms with Crippen molar-refractivity contribution >= 4 is 6.09 Å². The van der Waals surface area contributed by atoms with Gasteiger partial charge in [0, 0.05) is 0 Å². The molecule has 2 saturated heterocycles. The molecule has 13 heteroatoms. The van der Waals surface area contributed by atoms with Crippen molar-refractivity contribution in [2.45, 2.75) is 61.3 Å². The second-order valence-corrected chi connectivity index (χ2v) is 6.59. The number of hydrogen-bond donors (Lipinski definition) is 8. The molecule has 0 saturated carbocycles. The van der Waals surface area contributed by atoms with Crippen molar-refractivity contribution < 1.29 is 59.5 Å². The highest BCUT2D eigenvalue weighted by Crippen LogP contribution is 2.28. The first kappa shape index (κ1) is 23.9. The molecule has 2 rings (SSSR count). The van der Waals surface area contributed by atoms with Gasteiger partial charge in [0.2, 0.25) is 0 Å². The van der Waals surface area contributed by atoms with Gasteiger partial charge in [-0.1, -0.05) is 12.7 Å². The van der Waals surface area contributed by atoms with Gasteiger partial charge in [-0.15, -0.1) is 0 Å². The second-order valence-electron chi connectivity index (χ2n) is 6.59. The third-order valence-corrected chi connectivity index (χ3v) is 4.63. The Kier molecular flexibility index (Phi) is 8.72. The number of aliphatic hydroxyl groups is 7. The minimum atomic E-state index is -1.77. The third-order valence-electron chi connectivity index (χ3n) is 4.63. The molecule has 0 aromatic heterocycles. The largest absolute Gasteiger partial charge is 0.445 e. The normalized spacial score (nSPS) is 42.9. The van der Waals surface area contributed by atoms with Gasteiger partial charge in [0.1, 0.15) is 55.4 Å². The van der Waals surface area contributed by atoms with Crippen LogP contribution in [0, 0.1) is 0 Å². The van der Waals surface area contributed by atoms with E-state index in [1.54, 1.807) is 0 Å². The maximum absolute atomic E-state index is 11.7. The molecule has 2 heterocycles. The van der Waals surface area contributed by atoms with Crippen LogP contribution in [0.2, 0.25) is 0 Å². The lowest BCUT2D eigenvalue weighted by molar-refractivity contribution is -0.345. The van der Waals surface area contributed by atoms with E-state index in [9.17, 15) is 40.5 Å². The van der Waals surface area contributed by atoms with Crippen molar-refractivity contribution in [1.82, 2.24) is 5.32 Å². The van der Waals surface area contributed by atoms with E-state index in [2.05, 4.69) is 11.9 Å². The average molecular weight is 425 g/mol.